The summed E-state index contributed by atoms with van der Waals surface area (Å²) in [6.45, 7) is 5.72. The number of piperazine rings is 1. The van der Waals surface area contributed by atoms with Crippen molar-refractivity contribution < 1.29 is 4.79 Å². The van der Waals surface area contributed by atoms with Crippen LogP contribution in [0.25, 0.3) is 10.1 Å². The number of aromatic nitrogens is 1. The van der Waals surface area contributed by atoms with E-state index in [0.29, 0.717) is 22.8 Å². The minimum Gasteiger partial charge on any atom is -0.398 e. The molecule has 8 heteroatoms. The largest absolute Gasteiger partial charge is 0.398 e. The molecule has 0 spiro atoms. The summed E-state index contributed by atoms with van der Waals surface area (Å²) in [4.78, 5) is 17.2. The van der Waals surface area contributed by atoms with Gasteiger partial charge in [0.05, 0.1) is 15.3 Å². The first-order valence-corrected chi connectivity index (χ1v) is 11.4. The maximum Gasteiger partial charge on any atom is 0.254 e. The Morgan fingerprint density at radius 1 is 1.10 bits per heavy atom. The summed E-state index contributed by atoms with van der Waals surface area (Å²) >= 11 is 7.67. The summed E-state index contributed by atoms with van der Waals surface area (Å²) in [7, 11) is 0. The van der Waals surface area contributed by atoms with E-state index in [-0.39, 0.29) is 5.91 Å². The number of nitrogens with zero attached hydrogens (tertiary/aromatic N) is 3. The second kappa shape index (κ2) is 9.64. The van der Waals surface area contributed by atoms with E-state index in [9.17, 15) is 4.79 Å². The first-order valence-electron chi connectivity index (χ1n) is 10.3. The summed E-state index contributed by atoms with van der Waals surface area (Å²) in [6.07, 6.45) is 1.96. The normalized spacial score (nSPS) is 14.9. The molecule has 1 saturated heterocycles. The third-order valence-corrected chi connectivity index (χ3v) is 6.62. The van der Waals surface area contributed by atoms with Gasteiger partial charge in [0.15, 0.2) is 0 Å². The van der Waals surface area contributed by atoms with Crippen LogP contribution in [0.2, 0.25) is 5.02 Å². The van der Waals surface area contributed by atoms with Gasteiger partial charge in [-0.15, -0.1) is 0 Å². The number of nitrogens with one attached hydrogen (secondary N) is 1. The Kier molecular flexibility index (Phi) is 6.72. The van der Waals surface area contributed by atoms with Crippen molar-refractivity contribution in [2.24, 2.45) is 0 Å². The van der Waals surface area contributed by atoms with E-state index in [4.69, 9.17) is 17.3 Å². The van der Waals surface area contributed by atoms with E-state index in [1.807, 2.05) is 0 Å². The summed E-state index contributed by atoms with van der Waals surface area (Å²) < 4.78 is 5.92. The average Bonchev–Trinajstić information content (AvgIpc) is 3.18. The lowest BCUT2D eigenvalue weighted by molar-refractivity contribution is 0.0953. The molecular weight excluding hydrogens is 418 g/mol. The van der Waals surface area contributed by atoms with Crippen LogP contribution in [0.4, 0.5) is 11.5 Å². The molecule has 2 heterocycles. The van der Waals surface area contributed by atoms with Crippen LogP contribution in [-0.2, 0) is 0 Å². The number of amides is 1. The van der Waals surface area contributed by atoms with Gasteiger partial charge in [0, 0.05) is 43.8 Å². The molecule has 0 radical (unpaired) electrons. The fourth-order valence-corrected chi connectivity index (χ4v) is 4.88. The van der Waals surface area contributed by atoms with Crippen molar-refractivity contribution in [2.75, 3.05) is 49.9 Å². The standard InChI is InChI=1S/C22H26ClN5OS/c23-17-7-5-8-18(24)20(17)22(29)25-10-3-4-11-27-12-14-28(15-13-27)21-16-6-1-2-9-19(16)30-26-21/h1-2,5-9H,3-4,10-15,24H2,(H,25,29). The molecule has 0 bridgehead atoms. The number of unbranched alkanes of at least 4 members (excludes halogenated alkanes) is 1. The number of carbonyl (C=O) groups is 1. The molecule has 6 nitrogen and oxygen atoms in total. The fourth-order valence-electron chi connectivity index (χ4n) is 3.82. The summed E-state index contributed by atoms with van der Waals surface area (Å²) in [5.74, 6) is 0.916. The van der Waals surface area contributed by atoms with Crippen LogP contribution in [0.3, 0.4) is 0 Å². The van der Waals surface area contributed by atoms with Crippen LogP contribution < -0.4 is 16.0 Å². The number of nitrogen functional groups attached to an aromatic ring is 1. The van der Waals surface area contributed by atoms with E-state index in [2.05, 4.69) is 43.8 Å². The van der Waals surface area contributed by atoms with Gasteiger partial charge in [-0.05, 0) is 55.2 Å². The second-order valence-electron chi connectivity index (χ2n) is 7.50. The summed E-state index contributed by atoms with van der Waals surface area (Å²) in [5.41, 5.74) is 6.64. The van der Waals surface area contributed by atoms with E-state index in [0.717, 1.165) is 51.4 Å². The molecule has 1 amide bonds. The van der Waals surface area contributed by atoms with Gasteiger partial charge in [-0.3, -0.25) is 9.69 Å². The third kappa shape index (κ3) is 4.69. The first-order chi connectivity index (χ1) is 14.6. The minimum atomic E-state index is -0.206. The number of benzene rings is 2. The lowest BCUT2D eigenvalue weighted by Gasteiger charge is -2.35. The van der Waals surface area contributed by atoms with Gasteiger partial charge < -0.3 is 16.0 Å². The van der Waals surface area contributed by atoms with Gasteiger partial charge in [-0.2, -0.15) is 4.37 Å². The predicted octanol–water partition coefficient (Wildman–Crippen LogP) is 3.86. The third-order valence-electron chi connectivity index (χ3n) is 5.49. The number of rotatable bonds is 7. The van der Waals surface area contributed by atoms with Crippen LogP contribution in [0.15, 0.2) is 42.5 Å². The Balaban J connectivity index is 1.17. The van der Waals surface area contributed by atoms with Crippen LogP contribution in [0.1, 0.15) is 23.2 Å². The van der Waals surface area contributed by atoms with Crippen LogP contribution in [0.5, 0.6) is 0 Å². The van der Waals surface area contributed by atoms with Crippen LogP contribution in [-0.4, -0.2) is 54.4 Å². The minimum absolute atomic E-state index is 0.206. The molecule has 0 aliphatic carbocycles. The summed E-state index contributed by atoms with van der Waals surface area (Å²) in [5, 5.41) is 4.57. The van der Waals surface area contributed by atoms with Crippen molar-refractivity contribution in [1.82, 2.24) is 14.6 Å². The number of hydrogen-bond acceptors (Lipinski definition) is 6. The Morgan fingerprint density at radius 2 is 1.90 bits per heavy atom. The Labute approximate surface area is 185 Å². The van der Waals surface area contributed by atoms with Crippen molar-refractivity contribution in [2.45, 2.75) is 12.8 Å². The van der Waals surface area contributed by atoms with Crippen molar-refractivity contribution >= 4 is 50.6 Å². The van der Waals surface area contributed by atoms with Crippen molar-refractivity contribution in [3.63, 3.8) is 0 Å². The molecule has 1 fully saturated rings. The second-order valence-corrected chi connectivity index (χ2v) is 8.71. The van der Waals surface area contributed by atoms with E-state index >= 15 is 0 Å². The zero-order valence-electron chi connectivity index (χ0n) is 16.8. The number of nitrogens with two attached hydrogens (primary N) is 1. The molecular formula is C22H26ClN5OS. The van der Waals surface area contributed by atoms with Gasteiger partial charge >= 0.3 is 0 Å². The number of fused-ring (bicyclic) bond motifs is 1. The quantitative estimate of drug-likeness (QED) is 0.428. The Morgan fingerprint density at radius 3 is 2.70 bits per heavy atom. The molecule has 4 rings (SSSR count). The fraction of sp³-hybridized carbons (Fsp3) is 0.364. The first kappa shape index (κ1) is 20.9. The molecule has 0 atom stereocenters. The molecule has 3 N–H and O–H groups in total. The SMILES string of the molecule is Nc1cccc(Cl)c1C(=O)NCCCCN1CCN(c2nsc3ccccc23)CC1. The zero-order chi connectivity index (χ0) is 20.9. The molecule has 158 valence electrons. The number of carbonyl (C=O) groups excluding carboxylic acids is 1. The molecule has 0 unspecified atom stereocenters. The molecule has 3 aromatic rings. The highest BCUT2D eigenvalue weighted by Crippen LogP contribution is 2.29. The number of anilines is 2. The maximum atomic E-state index is 12.3. The molecule has 2 aromatic carbocycles. The van der Waals surface area contributed by atoms with Gasteiger partial charge in [0.2, 0.25) is 0 Å². The van der Waals surface area contributed by atoms with Gasteiger partial charge in [-0.25, -0.2) is 0 Å². The van der Waals surface area contributed by atoms with E-state index in [1.165, 1.54) is 10.1 Å². The molecule has 1 aromatic heterocycles. The number of hydrogen-bond donors (Lipinski definition) is 2. The lowest BCUT2D eigenvalue weighted by Crippen LogP contribution is -2.46. The summed E-state index contributed by atoms with van der Waals surface area (Å²) in [6, 6.07) is 13.5. The van der Waals surface area contributed by atoms with Crippen molar-refractivity contribution in [1.29, 1.82) is 0 Å². The Bertz CT molecular complexity index is 995. The highest BCUT2D eigenvalue weighted by Gasteiger charge is 2.20. The highest BCUT2D eigenvalue weighted by atomic mass is 35.5. The highest BCUT2D eigenvalue weighted by molar-refractivity contribution is 7.13. The predicted molar refractivity (Wildman–Crippen MR) is 126 cm³/mol. The maximum absolute atomic E-state index is 12.3. The number of halogens is 1. The van der Waals surface area contributed by atoms with Crippen LogP contribution in [0, 0.1) is 0 Å². The van der Waals surface area contributed by atoms with Gasteiger partial charge in [0.1, 0.15) is 5.82 Å². The molecule has 1 aliphatic rings. The van der Waals surface area contributed by atoms with Gasteiger partial charge in [0.25, 0.3) is 5.91 Å². The Hall–Kier alpha value is -2.35. The van der Waals surface area contributed by atoms with E-state index < -0.39 is 0 Å². The monoisotopic (exact) mass is 443 g/mol. The topological polar surface area (TPSA) is 74.5 Å². The molecule has 0 saturated carbocycles. The molecule has 1 aliphatic heterocycles. The molecule has 30 heavy (non-hydrogen) atoms. The van der Waals surface area contributed by atoms with Crippen LogP contribution >= 0.6 is 23.1 Å². The van der Waals surface area contributed by atoms with E-state index in [1.54, 1.807) is 29.7 Å². The van der Waals surface area contributed by atoms with Crippen molar-refractivity contribution in [3.8, 4) is 0 Å². The average molecular weight is 444 g/mol. The lowest BCUT2D eigenvalue weighted by atomic mass is 10.1. The smallest absolute Gasteiger partial charge is 0.254 e. The zero-order valence-corrected chi connectivity index (χ0v) is 18.4. The van der Waals surface area contributed by atoms with Gasteiger partial charge in [-0.1, -0.05) is 29.8 Å². The van der Waals surface area contributed by atoms with Crippen molar-refractivity contribution in [3.05, 3.63) is 53.1 Å².